The Kier molecular flexibility index (Phi) is 5.44. The number of methoxy groups -OCH3 is 1. The Morgan fingerprint density at radius 1 is 1.43 bits per heavy atom. The Hall–Kier alpha value is -1.75. The van der Waals surface area contributed by atoms with Gasteiger partial charge in [-0.05, 0) is 44.9 Å². The first kappa shape index (κ1) is 15.6. The van der Waals surface area contributed by atoms with Crippen LogP contribution in [0.2, 0.25) is 0 Å². The van der Waals surface area contributed by atoms with Gasteiger partial charge in [-0.15, -0.1) is 0 Å². The van der Waals surface area contributed by atoms with Crippen LogP contribution >= 0.6 is 0 Å². The maximum atomic E-state index is 11.8. The highest BCUT2D eigenvalue weighted by atomic mass is 16.5. The zero-order valence-corrected chi connectivity index (χ0v) is 12.9. The molecule has 1 amide bonds. The maximum Gasteiger partial charge on any atom is 0.260 e. The van der Waals surface area contributed by atoms with E-state index in [1.165, 1.54) is 12.8 Å². The van der Waals surface area contributed by atoms with Gasteiger partial charge in [-0.1, -0.05) is 0 Å². The highest BCUT2D eigenvalue weighted by Crippen LogP contribution is 2.27. The van der Waals surface area contributed by atoms with Crippen LogP contribution in [0.5, 0.6) is 11.5 Å². The predicted molar refractivity (Wildman–Crippen MR) is 81.6 cm³/mol. The Bertz CT molecular complexity index is 486. The average molecular weight is 292 g/mol. The van der Waals surface area contributed by atoms with E-state index in [-0.39, 0.29) is 5.91 Å². The van der Waals surface area contributed by atoms with E-state index < -0.39 is 6.10 Å². The lowest BCUT2D eigenvalue weighted by molar-refractivity contribution is -0.127. The van der Waals surface area contributed by atoms with Gasteiger partial charge in [-0.25, -0.2) is 0 Å². The highest BCUT2D eigenvalue weighted by molar-refractivity contribution is 5.80. The fourth-order valence-electron chi connectivity index (χ4n) is 2.04. The first-order chi connectivity index (χ1) is 10.1. The van der Waals surface area contributed by atoms with Crippen molar-refractivity contribution in [2.75, 3.05) is 13.7 Å². The minimum absolute atomic E-state index is 0.102. The van der Waals surface area contributed by atoms with Crippen LogP contribution in [-0.4, -0.2) is 31.7 Å². The van der Waals surface area contributed by atoms with Gasteiger partial charge in [0, 0.05) is 24.7 Å². The molecular formula is C16H24N2O3. The van der Waals surface area contributed by atoms with E-state index >= 15 is 0 Å². The number of ether oxygens (including phenoxy) is 2. The largest absolute Gasteiger partial charge is 0.497 e. The van der Waals surface area contributed by atoms with Gasteiger partial charge in [-0.3, -0.25) is 4.79 Å². The lowest BCUT2D eigenvalue weighted by Crippen LogP contribution is -2.36. The van der Waals surface area contributed by atoms with Crippen molar-refractivity contribution in [2.24, 2.45) is 0 Å². The molecule has 2 rings (SSSR count). The standard InChI is InChI=1S/C16H24N2O3/c1-4-17-16(19)11(2)21-15-8-7-14(20-3)9-12(15)10-18-13-5-6-13/h7-9,11,13,18H,4-6,10H2,1-3H3,(H,17,19). The van der Waals surface area contributed by atoms with Crippen molar-refractivity contribution in [1.29, 1.82) is 0 Å². The SMILES string of the molecule is CCNC(=O)C(C)Oc1ccc(OC)cc1CNC1CC1. The molecule has 0 aromatic heterocycles. The van der Waals surface area contributed by atoms with Crippen LogP contribution in [0.25, 0.3) is 0 Å². The van der Waals surface area contributed by atoms with Crippen molar-refractivity contribution in [3.8, 4) is 11.5 Å². The number of carbonyl (C=O) groups excluding carboxylic acids is 1. The van der Waals surface area contributed by atoms with Gasteiger partial charge >= 0.3 is 0 Å². The van der Waals surface area contributed by atoms with Gasteiger partial charge in [-0.2, -0.15) is 0 Å². The summed E-state index contributed by atoms with van der Waals surface area (Å²) in [4.78, 5) is 11.8. The molecule has 1 unspecified atom stereocenters. The molecule has 1 aromatic rings. The second kappa shape index (κ2) is 7.31. The molecule has 1 aliphatic carbocycles. The lowest BCUT2D eigenvalue weighted by atomic mass is 10.2. The Labute approximate surface area is 126 Å². The summed E-state index contributed by atoms with van der Waals surface area (Å²) in [5.41, 5.74) is 1.01. The van der Waals surface area contributed by atoms with Crippen molar-refractivity contribution < 1.29 is 14.3 Å². The molecule has 1 aromatic carbocycles. The second-order valence-corrected chi connectivity index (χ2v) is 5.28. The number of benzene rings is 1. The van der Waals surface area contributed by atoms with Crippen LogP contribution in [0.3, 0.4) is 0 Å². The molecule has 0 saturated heterocycles. The minimum Gasteiger partial charge on any atom is -0.497 e. The number of hydrogen-bond donors (Lipinski definition) is 2. The smallest absolute Gasteiger partial charge is 0.260 e. The van der Waals surface area contributed by atoms with Crippen LogP contribution in [0.1, 0.15) is 32.3 Å². The summed E-state index contributed by atoms with van der Waals surface area (Å²) in [6.07, 6.45) is 1.95. The summed E-state index contributed by atoms with van der Waals surface area (Å²) < 4.78 is 11.1. The molecule has 0 radical (unpaired) electrons. The number of carbonyl (C=O) groups is 1. The Morgan fingerprint density at radius 3 is 2.81 bits per heavy atom. The number of amides is 1. The summed E-state index contributed by atoms with van der Waals surface area (Å²) in [5, 5.41) is 6.22. The van der Waals surface area contributed by atoms with E-state index in [0.29, 0.717) is 12.6 Å². The topological polar surface area (TPSA) is 59.6 Å². The van der Waals surface area contributed by atoms with Gasteiger partial charge in [0.05, 0.1) is 7.11 Å². The molecule has 21 heavy (non-hydrogen) atoms. The number of hydrogen-bond acceptors (Lipinski definition) is 4. The number of nitrogens with one attached hydrogen (secondary N) is 2. The van der Waals surface area contributed by atoms with Crippen LogP contribution in [0, 0.1) is 0 Å². The molecule has 0 spiro atoms. The molecule has 0 bridgehead atoms. The van der Waals surface area contributed by atoms with E-state index in [9.17, 15) is 4.79 Å². The molecule has 116 valence electrons. The molecule has 2 N–H and O–H groups in total. The van der Waals surface area contributed by atoms with Gasteiger partial charge in [0.2, 0.25) is 0 Å². The van der Waals surface area contributed by atoms with Crippen molar-refractivity contribution in [2.45, 2.75) is 45.4 Å². The molecular weight excluding hydrogens is 268 g/mol. The Morgan fingerprint density at radius 2 is 2.19 bits per heavy atom. The molecule has 1 saturated carbocycles. The molecule has 5 heteroatoms. The normalized spacial score (nSPS) is 15.4. The lowest BCUT2D eigenvalue weighted by Gasteiger charge is -2.18. The summed E-state index contributed by atoms with van der Waals surface area (Å²) in [5.74, 6) is 1.41. The fraction of sp³-hybridized carbons (Fsp3) is 0.562. The van der Waals surface area contributed by atoms with Crippen molar-refractivity contribution >= 4 is 5.91 Å². The van der Waals surface area contributed by atoms with Crippen LogP contribution in [0.4, 0.5) is 0 Å². The summed E-state index contributed by atoms with van der Waals surface area (Å²) in [6.45, 7) is 4.97. The monoisotopic (exact) mass is 292 g/mol. The van der Waals surface area contributed by atoms with E-state index in [0.717, 1.165) is 23.6 Å². The van der Waals surface area contributed by atoms with Crippen LogP contribution in [-0.2, 0) is 11.3 Å². The number of rotatable bonds is 8. The summed E-state index contributed by atoms with van der Waals surface area (Å²) in [6, 6.07) is 6.28. The third-order valence-electron chi connectivity index (χ3n) is 3.45. The van der Waals surface area contributed by atoms with Crippen LogP contribution in [0.15, 0.2) is 18.2 Å². The number of likely N-dealkylation sites (N-methyl/N-ethyl adjacent to an activating group) is 1. The highest BCUT2D eigenvalue weighted by Gasteiger charge is 2.21. The third-order valence-corrected chi connectivity index (χ3v) is 3.45. The third kappa shape index (κ3) is 4.63. The van der Waals surface area contributed by atoms with Crippen molar-refractivity contribution in [3.05, 3.63) is 23.8 Å². The second-order valence-electron chi connectivity index (χ2n) is 5.28. The van der Waals surface area contributed by atoms with Crippen LogP contribution < -0.4 is 20.1 Å². The quantitative estimate of drug-likeness (QED) is 0.768. The van der Waals surface area contributed by atoms with Gasteiger partial charge in [0.25, 0.3) is 5.91 Å². The molecule has 1 aliphatic rings. The maximum absolute atomic E-state index is 11.8. The predicted octanol–water partition coefficient (Wildman–Crippen LogP) is 1.85. The molecule has 1 fully saturated rings. The van der Waals surface area contributed by atoms with E-state index in [1.807, 2.05) is 25.1 Å². The fourth-order valence-corrected chi connectivity index (χ4v) is 2.04. The average Bonchev–Trinajstić information content (AvgIpc) is 3.30. The van der Waals surface area contributed by atoms with E-state index in [1.54, 1.807) is 14.0 Å². The van der Waals surface area contributed by atoms with Crippen molar-refractivity contribution in [1.82, 2.24) is 10.6 Å². The summed E-state index contributed by atoms with van der Waals surface area (Å²) >= 11 is 0. The molecule has 0 aliphatic heterocycles. The first-order valence-electron chi connectivity index (χ1n) is 7.48. The van der Waals surface area contributed by atoms with Crippen molar-refractivity contribution in [3.63, 3.8) is 0 Å². The first-order valence-corrected chi connectivity index (χ1v) is 7.48. The van der Waals surface area contributed by atoms with E-state index in [2.05, 4.69) is 10.6 Å². The zero-order valence-electron chi connectivity index (χ0n) is 12.9. The molecule has 5 nitrogen and oxygen atoms in total. The molecule has 1 atom stereocenters. The summed E-state index contributed by atoms with van der Waals surface area (Å²) in [7, 11) is 1.64. The molecule has 0 heterocycles. The Balaban J connectivity index is 2.06. The van der Waals surface area contributed by atoms with Gasteiger partial charge < -0.3 is 20.1 Å². The minimum atomic E-state index is -0.516. The zero-order chi connectivity index (χ0) is 15.2. The van der Waals surface area contributed by atoms with Gasteiger partial charge in [0.15, 0.2) is 6.10 Å². The van der Waals surface area contributed by atoms with Gasteiger partial charge in [0.1, 0.15) is 11.5 Å². The van der Waals surface area contributed by atoms with E-state index in [4.69, 9.17) is 9.47 Å².